The second kappa shape index (κ2) is 8.34. The largest absolute Gasteiger partial charge is 0.298 e. The van der Waals surface area contributed by atoms with Crippen molar-refractivity contribution in [2.45, 2.75) is 13.5 Å². The molecule has 3 rings (SSSR count). The molecule has 0 bridgehead atoms. The number of hydrogen-bond acceptors (Lipinski definition) is 4. The van der Waals surface area contributed by atoms with E-state index in [0.717, 1.165) is 11.3 Å². The van der Waals surface area contributed by atoms with Crippen LogP contribution in [0.1, 0.15) is 22.8 Å². The van der Waals surface area contributed by atoms with Gasteiger partial charge in [-0.3, -0.25) is 14.2 Å². The molecule has 7 heteroatoms. The van der Waals surface area contributed by atoms with Crippen LogP contribution in [0.15, 0.2) is 53.3 Å². The van der Waals surface area contributed by atoms with Crippen LogP contribution in [0.4, 0.5) is 4.39 Å². The van der Waals surface area contributed by atoms with Crippen LogP contribution < -0.4 is 14.8 Å². The van der Waals surface area contributed by atoms with E-state index in [1.54, 1.807) is 37.3 Å². The van der Waals surface area contributed by atoms with Crippen LogP contribution in [0.25, 0.3) is 11.6 Å². The first-order valence-corrected chi connectivity index (χ1v) is 9.57. The topological polar surface area (TPSA) is 62.9 Å². The molecule has 0 saturated carbocycles. The SMILES string of the molecule is CCn1c(=O)/c(=C/c2c(F)cccc2Cl)s/c1=C(/C#N)C(=O)c1ccccc1. The number of carbonyl (C=O) groups is 1. The number of hydrogen-bond donors (Lipinski definition) is 0. The highest BCUT2D eigenvalue weighted by Crippen LogP contribution is 2.19. The molecule has 140 valence electrons. The number of thiazole rings is 1. The van der Waals surface area contributed by atoms with E-state index in [1.807, 2.05) is 6.07 Å². The lowest BCUT2D eigenvalue weighted by atomic mass is 10.1. The van der Waals surface area contributed by atoms with Crippen LogP contribution in [-0.4, -0.2) is 10.4 Å². The fourth-order valence-corrected chi connectivity index (χ4v) is 4.06. The minimum Gasteiger partial charge on any atom is -0.298 e. The van der Waals surface area contributed by atoms with Crippen molar-refractivity contribution in [3.05, 3.63) is 90.0 Å². The molecule has 28 heavy (non-hydrogen) atoms. The van der Waals surface area contributed by atoms with Gasteiger partial charge in [-0.15, -0.1) is 11.3 Å². The van der Waals surface area contributed by atoms with Crippen molar-refractivity contribution in [3.63, 3.8) is 0 Å². The lowest BCUT2D eigenvalue weighted by Crippen LogP contribution is -2.32. The highest BCUT2D eigenvalue weighted by atomic mass is 35.5. The Labute approximate surface area is 169 Å². The van der Waals surface area contributed by atoms with Gasteiger partial charge in [0.15, 0.2) is 0 Å². The van der Waals surface area contributed by atoms with E-state index in [-0.39, 0.29) is 31.9 Å². The molecule has 3 aromatic rings. The Kier molecular flexibility index (Phi) is 5.88. The zero-order chi connectivity index (χ0) is 20.3. The third kappa shape index (κ3) is 3.68. The summed E-state index contributed by atoms with van der Waals surface area (Å²) in [6, 6.07) is 14.5. The molecule has 1 heterocycles. The van der Waals surface area contributed by atoms with Crippen molar-refractivity contribution in [1.29, 1.82) is 5.26 Å². The van der Waals surface area contributed by atoms with Gasteiger partial charge in [-0.05, 0) is 25.1 Å². The number of carbonyl (C=O) groups excluding carboxylic acids is 1. The van der Waals surface area contributed by atoms with E-state index in [9.17, 15) is 19.2 Å². The van der Waals surface area contributed by atoms with Crippen molar-refractivity contribution in [1.82, 2.24) is 4.57 Å². The second-order valence-corrected chi connectivity index (χ2v) is 7.22. The Morgan fingerprint density at radius 2 is 1.96 bits per heavy atom. The molecular weight excluding hydrogens is 399 g/mol. The van der Waals surface area contributed by atoms with Crippen molar-refractivity contribution in [2.24, 2.45) is 0 Å². The van der Waals surface area contributed by atoms with Crippen LogP contribution in [0.3, 0.4) is 0 Å². The van der Waals surface area contributed by atoms with E-state index in [0.29, 0.717) is 5.56 Å². The molecule has 0 radical (unpaired) electrons. The van der Waals surface area contributed by atoms with Gasteiger partial charge in [0.2, 0.25) is 5.78 Å². The molecule has 0 unspecified atom stereocenters. The van der Waals surface area contributed by atoms with Gasteiger partial charge in [0.05, 0.1) is 9.55 Å². The summed E-state index contributed by atoms with van der Waals surface area (Å²) in [7, 11) is 0. The predicted molar refractivity (Wildman–Crippen MR) is 108 cm³/mol. The quantitative estimate of drug-likeness (QED) is 0.618. The van der Waals surface area contributed by atoms with Crippen LogP contribution in [0.2, 0.25) is 5.02 Å². The summed E-state index contributed by atoms with van der Waals surface area (Å²) in [6.45, 7) is 2.00. The summed E-state index contributed by atoms with van der Waals surface area (Å²) < 4.78 is 15.9. The van der Waals surface area contributed by atoms with Gasteiger partial charge in [-0.2, -0.15) is 5.26 Å². The van der Waals surface area contributed by atoms with E-state index in [2.05, 4.69) is 0 Å². The molecule has 0 aliphatic carbocycles. The fourth-order valence-electron chi connectivity index (χ4n) is 2.70. The van der Waals surface area contributed by atoms with Crippen LogP contribution in [0.5, 0.6) is 0 Å². The predicted octanol–water partition coefficient (Wildman–Crippen LogP) is 3.11. The molecule has 0 spiro atoms. The van der Waals surface area contributed by atoms with Crippen molar-refractivity contribution < 1.29 is 9.18 Å². The Morgan fingerprint density at radius 3 is 2.57 bits per heavy atom. The first kappa shape index (κ1) is 19.7. The van der Waals surface area contributed by atoms with Crippen molar-refractivity contribution in [2.75, 3.05) is 0 Å². The maximum atomic E-state index is 14.1. The number of aromatic nitrogens is 1. The molecule has 2 aromatic carbocycles. The molecule has 1 aromatic heterocycles. The maximum absolute atomic E-state index is 14.1. The van der Waals surface area contributed by atoms with Crippen LogP contribution in [-0.2, 0) is 6.54 Å². The lowest BCUT2D eigenvalue weighted by Gasteiger charge is -2.00. The maximum Gasteiger partial charge on any atom is 0.269 e. The summed E-state index contributed by atoms with van der Waals surface area (Å²) >= 11 is 7.01. The summed E-state index contributed by atoms with van der Waals surface area (Å²) in [5.41, 5.74) is -0.0969. The van der Waals surface area contributed by atoms with E-state index in [1.165, 1.54) is 28.8 Å². The number of benzene rings is 2. The molecular formula is C21H14ClFN2O2S. The van der Waals surface area contributed by atoms with Gasteiger partial charge < -0.3 is 0 Å². The number of nitriles is 1. The van der Waals surface area contributed by atoms with Gasteiger partial charge in [-0.1, -0.05) is 48.0 Å². The Balaban J connectivity index is 2.32. The number of nitrogens with zero attached hydrogens (tertiary/aromatic N) is 2. The van der Waals surface area contributed by atoms with Gasteiger partial charge in [0.25, 0.3) is 5.56 Å². The highest BCUT2D eigenvalue weighted by molar-refractivity contribution is 7.07. The Bertz CT molecular complexity index is 1250. The monoisotopic (exact) mass is 412 g/mol. The average molecular weight is 413 g/mol. The standard InChI is InChI=1S/C21H14ClFN2O2S/c1-2-25-20(27)18(11-14-16(22)9-6-10-17(14)23)28-21(25)15(12-24)19(26)13-7-4-3-5-8-13/h3-11H,2H2,1H3/b18-11-,21-15-. The summed E-state index contributed by atoms with van der Waals surface area (Å²) in [5.74, 6) is -1.03. The average Bonchev–Trinajstić information content (AvgIpc) is 3.01. The molecule has 0 fully saturated rings. The smallest absolute Gasteiger partial charge is 0.269 e. The van der Waals surface area contributed by atoms with E-state index >= 15 is 0 Å². The summed E-state index contributed by atoms with van der Waals surface area (Å²) in [5, 5.41) is 9.77. The van der Waals surface area contributed by atoms with Crippen LogP contribution in [0, 0.1) is 17.1 Å². The number of halogens is 2. The molecule has 0 saturated heterocycles. The molecule has 0 aliphatic heterocycles. The molecule has 4 nitrogen and oxygen atoms in total. The van der Waals surface area contributed by atoms with E-state index in [4.69, 9.17) is 11.6 Å². The normalized spacial score (nSPS) is 12.6. The Morgan fingerprint density at radius 1 is 1.25 bits per heavy atom. The van der Waals surface area contributed by atoms with Gasteiger partial charge in [0, 0.05) is 17.7 Å². The Hall–Kier alpha value is -3.01. The van der Waals surface area contributed by atoms with Crippen LogP contribution >= 0.6 is 22.9 Å². The number of Topliss-reactive ketones (excluding diaryl/α,β-unsaturated/α-hetero) is 1. The molecule has 0 atom stereocenters. The third-order valence-corrected chi connectivity index (χ3v) is 5.55. The summed E-state index contributed by atoms with van der Waals surface area (Å²) in [6.07, 6.45) is 1.35. The molecule has 0 aliphatic rings. The highest BCUT2D eigenvalue weighted by Gasteiger charge is 2.17. The second-order valence-electron chi connectivity index (χ2n) is 5.78. The molecule has 0 N–H and O–H groups in total. The van der Waals surface area contributed by atoms with Crippen molar-refractivity contribution in [3.8, 4) is 6.07 Å². The number of rotatable bonds is 4. The summed E-state index contributed by atoms with van der Waals surface area (Å²) in [4.78, 5) is 25.5. The van der Waals surface area contributed by atoms with Gasteiger partial charge in [0.1, 0.15) is 22.1 Å². The fraction of sp³-hybridized carbons (Fsp3) is 0.0952. The minimum absolute atomic E-state index is 0.0882. The van der Waals surface area contributed by atoms with E-state index < -0.39 is 17.2 Å². The van der Waals surface area contributed by atoms with Crippen molar-refractivity contribution >= 4 is 40.4 Å². The number of ketones is 1. The molecule has 0 amide bonds. The van der Waals surface area contributed by atoms with Gasteiger partial charge >= 0.3 is 0 Å². The zero-order valence-corrected chi connectivity index (χ0v) is 16.4. The zero-order valence-electron chi connectivity index (χ0n) is 14.8. The minimum atomic E-state index is -0.560. The first-order chi connectivity index (χ1) is 13.5. The third-order valence-electron chi connectivity index (χ3n) is 4.09. The lowest BCUT2D eigenvalue weighted by molar-refractivity contribution is 0.105. The first-order valence-electron chi connectivity index (χ1n) is 8.37. The van der Waals surface area contributed by atoms with Gasteiger partial charge in [-0.25, -0.2) is 4.39 Å².